The molecule has 2 rings (SSSR count). The second-order valence-electron chi connectivity index (χ2n) is 3.65. The van der Waals surface area contributed by atoms with Gasteiger partial charge in [0.25, 0.3) is 0 Å². The van der Waals surface area contributed by atoms with Crippen LogP contribution in [0.4, 0.5) is 5.69 Å². The number of benzene rings is 1. The fourth-order valence-electron chi connectivity index (χ4n) is 1.56. The van der Waals surface area contributed by atoms with Crippen molar-refractivity contribution in [1.82, 2.24) is 5.32 Å². The van der Waals surface area contributed by atoms with E-state index in [4.69, 9.17) is 4.74 Å². The summed E-state index contributed by atoms with van der Waals surface area (Å²) in [4.78, 5) is 11.8. The minimum absolute atomic E-state index is 0.0130. The second-order valence-corrected chi connectivity index (χ2v) is 4.68. The van der Waals surface area contributed by atoms with Gasteiger partial charge in [0.2, 0.25) is 5.91 Å². The zero-order valence-corrected chi connectivity index (χ0v) is 10.2. The molecule has 0 aromatic heterocycles. The molecule has 0 bridgehead atoms. The number of carbonyl (C=O) groups excluding carboxylic acids is 1. The minimum atomic E-state index is -0.163. The Morgan fingerprint density at radius 2 is 2.47 bits per heavy atom. The summed E-state index contributed by atoms with van der Waals surface area (Å²) in [5.74, 6) is 1.89. The number of nitrogens with one attached hydrogen (secondary N) is 2. The van der Waals surface area contributed by atoms with Crippen molar-refractivity contribution in [3.8, 4) is 11.5 Å². The molecule has 1 aliphatic heterocycles. The molecule has 1 saturated heterocycles. The van der Waals surface area contributed by atoms with Crippen LogP contribution in [0.3, 0.4) is 0 Å². The second kappa shape index (κ2) is 5.29. The Balaban J connectivity index is 2.03. The molecule has 0 spiro atoms. The summed E-state index contributed by atoms with van der Waals surface area (Å²) in [7, 11) is 1.48. The molecule has 1 amide bonds. The first kappa shape index (κ1) is 12.1. The minimum Gasteiger partial charge on any atom is -0.504 e. The van der Waals surface area contributed by atoms with Crippen LogP contribution in [0.5, 0.6) is 11.5 Å². The molecule has 0 saturated carbocycles. The summed E-state index contributed by atoms with van der Waals surface area (Å²) in [6.07, 6.45) is 0. The van der Waals surface area contributed by atoms with Crippen LogP contribution in [0.15, 0.2) is 18.2 Å². The first-order valence-electron chi connectivity index (χ1n) is 5.19. The summed E-state index contributed by atoms with van der Waals surface area (Å²) < 4.78 is 4.93. The van der Waals surface area contributed by atoms with Crippen LogP contribution >= 0.6 is 11.8 Å². The lowest BCUT2D eigenvalue weighted by Gasteiger charge is -2.11. The van der Waals surface area contributed by atoms with Crippen molar-refractivity contribution in [2.24, 2.45) is 0 Å². The molecule has 3 N–H and O–H groups in total. The number of carbonyl (C=O) groups is 1. The van der Waals surface area contributed by atoms with Gasteiger partial charge in [-0.3, -0.25) is 10.1 Å². The predicted octanol–water partition coefficient (Wildman–Crippen LogP) is 1.00. The fraction of sp³-hybridized carbons (Fsp3) is 0.364. The van der Waals surface area contributed by atoms with E-state index >= 15 is 0 Å². The quantitative estimate of drug-likeness (QED) is 0.750. The van der Waals surface area contributed by atoms with Gasteiger partial charge in [-0.15, -0.1) is 11.8 Å². The molecule has 1 aromatic carbocycles. The molecule has 1 atom stereocenters. The zero-order valence-electron chi connectivity index (χ0n) is 9.40. The van der Waals surface area contributed by atoms with E-state index in [0.29, 0.717) is 11.4 Å². The van der Waals surface area contributed by atoms with Gasteiger partial charge in [0, 0.05) is 23.4 Å². The lowest BCUT2D eigenvalue weighted by atomic mass is 10.2. The van der Waals surface area contributed by atoms with Crippen LogP contribution < -0.4 is 15.4 Å². The maximum atomic E-state index is 11.8. The third kappa shape index (κ3) is 2.83. The normalized spacial score (nSPS) is 19.0. The number of methoxy groups -OCH3 is 1. The van der Waals surface area contributed by atoms with E-state index in [1.807, 2.05) is 0 Å². The van der Waals surface area contributed by atoms with Crippen molar-refractivity contribution in [2.75, 3.05) is 24.1 Å². The van der Waals surface area contributed by atoms with Crippen LogP contribution in [-0.2, 0) is 4.79 Å². The summed E-state index contributed by atoms with van der Waals surface area (Å²) in [6, 6.07) is 4.61. The smallest absolute Gasteiger partial charge is 0.242 e. The maximum absolute atomic E-state index is 11.8. The summed E-state index contributed by atoms with van der Waals surface area (Å²) in [5, 5.41) is 15.4. The average Bonchev–Trinajstić information content (AvgIpc) is 2.82. The third-order valence-electron chi connectivity index (χ3n) is 2.48. The van der Waals surface area contributed by atoms with Crippen molar-refractivity contribution in [3.05, 3.63) is 18.2 Å². The first-order valence-corrected chi connectivity index (χ1v) is 6.35. The molecular formula is C11H14N2O3S. The monoisotopic (exact) mass is 254 g/mol. The molecule has 0 aliphatic carbocycles. The molecule has 1 unspecified atom stereocenters. The van der Waals surface area contributed by atoms with Gasteiger partial charge in [0.15, 0.2) is 11.5 Å². The van der Waals surface area contributed by atoms with Gasteiger partial charge in [-0.25, -0.2) is 0 Å². The Morgan fingerprint density at radius 1 is 1.65 bits per heavy atom. The Labute approximate surface area is 104 Å². The van der Waals surface area contributed by atoms with Gasteiger partial charge in [-0.05, 0) is 12.1 Å². The summed E-state index contributed by atoms with van der Waals surface area (Å²) in [6.45, 7) is 0. The van der Waals surface area contributed by atoms with E-state index in [0.717, 1.165) is 11.6 Å². The molecule has 1 fully saturated rings. The molecule has 0 radical (unpaired) electrons. The Bertz CT molecular complexity index is 419. The predicted molar refractivity (Wildman–Crippen MR) is 67.5 cm³/mol. The number of thioether (sulfide) groups is 1. The highest BCUT2D eigenvalue weighted by molar-refractivity contribution is 7.99. The number of amides is 1. The van der Waals surface area contributed by atoms with Crippen molar-refractivity contribution in [2.45, 2.75) is 6.04 Å². The van der Waals surface area contributed by atoms with Gasteiger partial charge in [-0.1, -0.05) is 0 Å². The van der Waals surface area contributed by atoms with E-state index in [2.05, 4.69) is 10.6 Å². The number of hydrogen-bond acceptors (Lipinski definition) is 5. The maximum Gasteiger partial charge on any atom is 0.242 e. The standard InChI is InChI=1S/C11H14N2O3S/c1-16-10-3-2-7(4-9(10)14)13-11(15)8-5-17-6-12-8/h2-4,8,12,14H,5-6H2,1H3,(H,13,15). The number of phenolic OH excluding ortho intramolecular Hbond substituents is 1. The topological polar surface area (TPSA) is 70.6 Å². The van der Waals surface area contributed by atoms with Gasteiger partial charge >= 0.3 is 0 Å². The van der Waals surface area contributed by atoms with Gasteiger partial charge in [0.1, 0.15) is 0 Å². The van der Waals surface area contributed by atoms with E-state index < -0.39 is 0 Å². The highest BCUT2D eigenvalue weighted by Crippen LogP contribution is 2.28. The van der Waals surface area contributed by atoms with Crippen molar-refractivity contribution < 1.29 is 14.6 Å². The van der Waals surface area contributed by atoms with E-state index in [9.17, 15) is 9.90 Å². The number of rotatable bonds is 3. The van der Waals surface area contributed by atoms with Gasteiger partial charge in [0.05, 0.1) is 13.2 Å². The third-order valence-corrected chi connectivity index (χ3v) is 3.42. The van der Waals surface area contributed by atoms with Crippen molar-refractivity contribution in [3.63, 3.8) is 0 Å². The zero-order chi connectivity index (χ0) is 12.3. The molecule has 6 heteroatoms. The van der Waals surface area contributed by atoms with Crippen LogP contribution in [0, 0.1) is 0 Å². The highest BCUT2D eigenvalue weighted by atomic mass is 32.2. The van der Waals surface area contributed by atoms with Crippen LogP contribution in [0.1, 0.15) is 0 Å². The number of anilines is 1. The lowest BCUT2D eigenvalue weighted by molar-refractivity contribution is -0.117. The van der Waals surface area contributed by atoms with E-state index in [1.165, 1.54) is 13.2 Å². The highest BCUT2D eigenvalue weighted by Gasteiger charge is 2.22. The molecular weight excluding hydrogens is 240 g/mol. The summed E-state index contributed by atoms with van der Waals surface area (Å²) >= 11 is 1.69. The number of ether oxygens (including phenoxy) is 1. The molecule has 1 aromatic rings. The molecule has 17 heavy (non-hydrogen) atoms. The largest absolute Gasteiger partial charge is 0.504 e. The first-order chi connectivity index (χ1) is 8.20. The van der Waals surface area contributed by atoms with Crippen LogP contribution in [0.2, 0.25) is 0 Å². The Morgan fingerprint density at radius 3 is 3.06 bits per heavy atom. The lowest BCUT2D eigenvalue weighted by Crippen LogP contribution is -2.37. The molecule has 1 heterocycles. The van der Waals surface area contributed by atoms with Crippen LogP contribution in [-0.4, -0.2) is 35.8 Å². The fourth-order valence-corrected chi connectivity index (χ4v) is 2.50. The molecule has 1 aliphatic rings. The Hall–Kier alpha value is -1.40. The SMILES string of the molecule is COc1ccc(NC(=O)C2CSCN2)cc1O. The number of aromatic hydroxyl groups is 1. The van der Waals surface area contributed by atoms with E-state index in [1.54, 1.807) is 23.9 Å². The Kier molecular flexibility index (Phi) is 3.75. The van der Waals surface area contributed by atoms with Gasteiger partial charge < -0.3 is 15.2 Å². The van der Waals surface area contributed by atoms with Crippen molar-refractivity contribution >= 4 is 23.4 Å². The van der Waals surface area contributed by atoms with E-state index in [-0.39, 0.29) is 17.7 Å². The molecule has 92 valence electrons. The summed E-state index contributed by atoms with van der Waals surface area (Å²) in [5.41, 5.74) is 0.562. The number of phenols is 1. The number of hydrogen-bond donors (Lipinski definition) is 3. The molecule has 5 nitrogen and oxygen atoms in total. The van der Waals surface area contributed by atoms with Crippen molar-refractivity contribution in [1.29, 1.82) is 0 Å². The average molecular weight is 254 g/mol. The van der Waals surface area contributed by atoms with Gasteiger partial charge in [-0.2, -0.15) is 0 Å². The van der Waals surface area contributed by atoms with Crippen LogP contribution in [0.25, 0.3) is 0 Å².